The number of nitriles is 1. The molecule has 1 amide bonds. The number of amides is 1. The van der Waals surface area contributed by atoms with Crippen molar-refractivity contribution < 1.29 is 4.79 Å². The third-order valence-electron chi connectivity index (χ3n) is 6.48. The monoisotopic (exact) mass is 487 g/mol. The molecule has 4 nitrogen and oxygen atoms in total. The molecule has 1 aliphatic rings. The van der Waals surface area contributed by atoms with Crippen LogP contribution >= 0.6 is 27.3 Å². The number of hydrogen-bond donors (Lipinski definition) is 1. The molecule has 0 fully saturated rings. The van der Waals surface area contributed by atoms with E-state index in [9.17, 15) is 10.1 Å². The van der Waals surface area contributed by atoms with Gasteiger partial charge in [-0.05, 0) is 69.3 Å². The lowest BCUT2D eigenvalue weighted by Crippen LogP contribution is -2.37. The summed E-state index contributed by atoms with van der Waals surface area (Å²) < 4.78 is 1.09. The van der Waals surface area contributed by atoms with Crippen molar-refractivity contribution in [1.82, 2.24) is 4.90 Å². The standard InChI is InChI=1S/C24H30BrN3OS/c1-5-16(6-2)23(29)27-24-21(14-26)20-12-11-19(13-22(20)30-24)28(4)15(3)17-7-9-18(25)10-8-17/h7-10,15-16,19H,5-6,11-13H2,1-4H3,(H,27,29). The van der Waals surface area contributed by atoms with Crippen molar-refractivity contribution in [3.05, 3.63) is 50.3 Å². The lowest BCUT2D eigenvalue weighted by molar-refractivity contribution is -0.120. The van der Waals surface area contributed by atoms with E-state index in [0.29, 0.717) is 17.6 Å². The number of carbonyl (C=O) groups excluding carboxylic acids is 1. The van der Waals surface area contributed by atoms with Gasteiger partial charge in [-0.3, -0.25) is 9.69 Å². The molecule has 0 aliphatic heterocycles. The normalized spacial score (nSPS) is 16.9. The van der Waals surface area contributed by atoms with Crippen LogP contribution in [0, 0.1) is 17.2 Å². The lowest BCUT2D eigenvalue weighted by atomic mass is 9.90. The first-order chi connectivity index (χ1) is 14.4. The van der Waals surface area contributed by atoms with Gasteiger partial charge in [0.1, 0.15) is 11.1 Å². The number of halogens is 1. The van der Waals surface area contributed by atoms with Gasteiger partial charge in [-0.2, -0.15) is 5.26 Å². The number of anilines is 1. The van der Waals surface area contributed by atoms with Gasteiger partial charge in [0.15, 0.2) is 0 Å². The zero-order valence-corrected chi connectivity index (χ0v) is 20.6. The Morgan fingerprint density at radius 2 is 2.00 bits per heavy atom. The van der Waals surface area contributed by atoms with Crippen molar-refractivity contribution in [2.45, 2.75) is 65.0 Å². The third-order valence-corrected chi connectivity index (χ3v) is 8.18. The molecule has 6 heteroatoms. The predicted octanol–water partition coefficient (Wildman–Crippen LogP) is 6.31. The van der Waals surface area contributed by atoms with Crippen molar-refractivity contribution in [3.63, 3.8) is 0 Å². The maximum Gasteiger partial charge on any atom is 0.228 e. The zero-order chi connectivity index (χ0) is 21.8. The summed E-state index contributed by atoms with van der Waals surface area (Å²) in [6, 6.07) is 11.6. The van der Waals surface area contributed by atoms with Gasteiger partial charge in [-0.25, -0.2) is 0 Å². The van der Waals surface area contributed by atoms with E-state index >= 15 is 0 Å². The molecular formula is C24H30BrN3OS. The van der Waals surface area contributed by atoms with Crippen molar-refractivity contribution >= 4 is 38.2 Å². The van der Waals surface area contributed by atoms with Gasteiger partial charge in [0.25, 0.3) is 0 Å². The Labute approximate surface area is 192 Å². The van der Waals surface area contributed by atoms with Gasteiger partial charge in [0.2, 0.25) is 5.91 Å². The number of rotatable bonds is 7. The molecule has 1 aliphatic carbocycles. The minimum Gasteiger partial charge on any atom is -0.316 e. The largest absolute Gasteiger partial charge is 0.316 e. The van der Waals surface area contributed by atoms with E-state index in [1.165, 1.54) is 10.4 Å². The maximum atomic E-state index is 12.6. The molecule has 0 spiro atoms. The number of hydrogen-bond acceptors (Lipinski definition) is 4. The number of carbonyl (C=O) groups is 1. The van der Waals surface area contributed by atoms with Gasteiger partial charge in [0.05, 0.1) is 5.56 Å². The predicted molar refractivity (Wildman–Crippen MR) is 128 cm³/mol. The van der Waals surface area contributed by atoms with Crippen LogP contribution in [-0.2, 0) is 17.6 Å². The highest BCUT2D eigenvalue weighted by molar-refractivity contribution is 9.10. The van der Waals surface area contributed by atoms with E-state index in [0.717, 1.165) is 47.1 Å². The Morgan fingerprint density at radius 1 is 1.33 bits per heavy atom. The summed E-state index contributed by atoms with van der Waals surface area (Å²) in [5.74, 6) is 0.0361. The molecule has 0 radical (unpaired) electrons. The Balaban J connectivity index is 1.77. The highest BCUT2D eigenvalue weighted by atomic mass is 79.9. The fraction of sp³-hybridized carbons (Fsp3) is 0.500. The van der Waals surface area contributed by atoms with E-state index in [2.05, 4.69) is 70.5 Å². The van der Waals surface area contributed by atoms with Gasteiger partial charge < -0.3 is 5.32 Å². The van der Waals surface area contributed by atoms with Crippen LogP contribution < -0.4 is 5.32 Å². The summed E-state index contributed by atoms with van der Waals surface area (Å²) in [5.41, 5.74) is 3.12. The van der Waals surface area contributed by atoms with E-state index < -0.39 is 0 Å². The Kier molecular flexibility index (Phi) is 7.73. The highest BCUT2D eigenvalue weighted by Crippen LogP contribution is 2.40. The summed E-state index contributed by atoms with van der Waals surface area (Å²) >= 11 is 5.11. The summed E-state index contributed by atoms with van der Waals surface area (Å²) in [4.78, 5) is 16.3. The van der Waals surface area contributed by atoms with Crippen molar-refractivity contribution in [3.8, 4) is 6.07 Å². The molecule has 0 saturated heterocycles. The molecule has 1 aromatic carbocycles. The first-order valence-corrected chi connectivity index (χ1v) is 12.3. The van der Waals surface area contributed by atoms with Gasteiger partial charge >= 0.3 is 0 Å². The van der Waals surface area contributed by atoms with Crippen LogP contribution in [0.4, 0.5) is 5.00 Å². The topological polar surface area (TPSA) is 56.1 Å². The lowest BCUT2D eigenvalue weighted by Gasteiger charge is -2.35. The Hall–Kier alpha value is -1.68. The van der Waals surface area contributed by atoms with Gasteiger partial charge in [0, 0.05) is 27.4 Å². The van der Waals surface area contributed by atoms with Crippen LogP contribution in [0.25, 0.3) is 0 Å². The van der Waals surface area contributed by atoms with Crippen molar-refractivity contribution in [1.29, 1.82) is 5.26 Å². The van der Waals surface area contributed by atoms with Crippen LogP contribution in [-0.4, -0.2) is 23.9 Å². The molecule has 30 heavy (non-hydrogen) atoms. The number of fused-ring (bicyclic) bond motifs is 1. The number of thiophene rings is 1. The smallest absolute Gasteiger partial charge is 0.228 e. The van der Waals surface area contributed by atoms with Crippen LogP contribution in [0.1, 0.15) is 67.6 Å². The van der Waals surface area contributed by atoms with Crippen LogP contribution in [0.15, 0.2) is 28.7 Å². The molecule has 2 unspecified atom stereocenters. The maximum absolute atomic E-state index is 12.6. The first kappa shape index (κ1) is 23.0. The molecule has 2 aromatic rings. The second-order valence-corrected chi connectivity index (χ2v) is 10.1. The second-order valence-electron chi connectivity index (χ2n) is 8.11. The zero-order valence-electron chi connectivity index (χ0n) is 18.2. The molecule has 0 saturated carbocycles. The van der Waals surface area contributed by atoms with E-state index in [1.807, 2.05) is 13.8 Å². The van der Waals surface area contributed by atoms with E-state index in [-0.39, 0.29) is 11.8 Å². The molecule has 160 valence electrons. The summed E-state index contributed by atoms with van der Waals surface area (Å²) in [5, 5.41) is 13.6. The molecular weight excluding hydrogens is 458 g/mol. The van der Waals surface area contributed by atoms with Crippen LogP contribution in [0.3, 0.4) is 0 Å². The average Bonchev–Trinajstić information content (AvgIpc) is 3.10. The summed E-state index contributed by atoms with van der Waals surface area (Å²) in [6.07, 6.45) is 4.46. The SMILES string of the molecule is CCC(CC)C(=O)Nc1sc2c(c1C#N)CCC(N(C)C(C)c1ccc(Br)cc1)C2. The fourth-order valence-electron chi connectivity index (χ4n) is 4.29. The van der Waals surface area contributed by atoms with E-state index in [1.54, 1.807) is 11.3 Å². The van der Waals surface area contributed by atoms with Crippen molar-refractivity contribution in [2.75, 3.05) is 12.4 Å². The minimum absolute atomic E-state index is 0.00121. The van der Waals surface area contributed by atoms with Crippen LogP contribution in [0.5, 0.6) is 0 Å². The number of likely N-dealkylation sites (N-methyl/N-ethyl adjacent to an activating group) is 1. The number of benzene rings is 1. The highest BCUT2D eigenvalue weighted by Gasteiger charge is 2.30. The minimum atomic E-state index is 0.00121. The fourth-order valence-corrected chi connectivity index (χ4v) is 5.82. The number of nitrogens with one attached hydrogen (secondary N) is 1. The number of nitrogens with zero attached hydrogens (tertiary/aromatic N) is 2. The van der Waals surface area contributed by atoms with Gasteiger partial charge in [-0.1, -0.05) is 41.9 Å². The molecule has 1 heterocycles. The summed E-state index contributed by atoms with van der Waals surface area (Å²) in [6.45, 7) is 6.31. The molecule has 2 atom stereocenters. The van der Waals surface area contributed by atoms with Crippen LogP contribution in [0.2, 0.25) is 0 Å². The molecule has 3 rings (SSSR count). The second kappa shape index (κ2) is 10.1. The summed E-state index contributed by atoms with van der Waals surface area (Å²) in [7, 11) is 2.19. The quantitative estimate of drug-likeness (QED) is 0.497. The molecule has 1 aromatic heterocycles. The Morgan fingerprint density at radius 3 is 2.60 bits per heavy atom. The third kappa shape index (κ3) is 4.80. The first-order valence-electron chi connectivity index (χ1n) is 10.7. The Bertz CT molecular complexity index is 927. The average molecular weight is 488 g/mol. The molecule has 1 N–H and O–H groups in total. The van der Waals surface area contributed by atoms with Crippen molar-refractivity contribution in [2.24, 2.45) is 5.92 Å². The molecule has 0 bridgehead atoms. The van der Waals surface area contributed by atoms with Gasteiger partial charge in [-0.15, -0.1) is 11.3 Å². The van der Waals surface area contributed by atoms with E-state index in [4.69, 9.17) is 0 Å².